The van der Waals surface area contributed by atoms with E-state index >= 15 is 0 Å². The highest BCUT2D eigenvalue weighted by Crippen LogP contribution is 2.34. The van der Waals surface area contributed by atoms with E-state index in [4.69, 9.17) is 4.99 Å². The van der Waals surface area contributed by atoms with Crippen LogP contribution in [0.2, 0.25) is 0 Å². The molecule has 0 saturated heterocycles. The van der Waals surface area contributed by atoms with E-state index in [1.54, 1.807) is 0 Å². The summed E-state index contributed by atoms with van der Waals surface area (Å²) < 4.78 is 0. The van der Waals surface area contributed by atoms with E-state index in [1.807, 2.05) is 48.5 Å². The predicted molar refractivity (Wildman–Crippen MR) is 153 cm³/mol. The van der Waals surface area contributed by atoms with Crippen molar-refractivity contribution in [3.8, 4) is 28.3 Å². The second kappa shape index (κ2) is 10.6. The molecule has 0 aromatic heterocycles. The van der Waals surface area contributed by atoms with Gasteiger partial charge in [0.1, 0.15) is 18.2 Å². The zero-order valence-corrected chi connectivity index (χ0v) is 20.8. The summed E-state index contributed by atoms with van der Waals surface area (Å²) in [6.45, 7) is 0. The van der Waals surface area contributed by atoms with Crippen LogP contribution in [0.3, 0.4) is 0 Å². The first-order valence-corrected chi connectivity index (χ1v) is 12.7. The molecule has 5 aromatic rings. The van der Waals surface area contributed by atoms with E-state index in [-0.39, 0.29) is 12.3 Å². The van der Waals surface area contributed by atoms with Crippen molar-refractivity contribution in [2.45, 2.75) is 12.3 Å². The minimum atomic E-state index is -0.244. The largest absolute Gasteiger partial charge is 0.350 e. The van der Waals surface area contributed by atoms with Crippen LogP contribution in [-0.4, -0.2) is 5.84 Å². The fraction of sp³-hybridized carbons (Fsp3) is 0.0588. The average molecular weight is 491 g/mol. The molecule has 0 amide bonds. The molecule has 0 saturated carbocycles. The summed E-state index contributed by atoms with van der Waals surface area (Å²) in [4.78, 5) is 5.13. The fourth-order valence-electron chi connectivity index (χ4n) is 4.94. The molecular weight excluding hydrogens is 464 g/mol. The third kappa shape index (κ3) is 4.71. The summed E-state index contributed by atoms with van der Waals surface area (Å²) in [6.07, 6.45) is -0.335. The molecule has 5 aromatic carbocycles. The van der Waals surface area contributed by atoms with Gasteiger partial charge in [-0.2, -0.15) is 5.26 Å². The Kier molecular flexibility index (Phi) is 6.51. The van der Waals surface area contributed by atoms with E-state index in [2.05, 4.69) is 102 Å². The van der Waals surface area contributed by atoms with Crippen LogP contribution in [0.15, 0.2) is 138 Å². The Hall–Kier alpha value is -4.98. The van der Waals surface area contributed by atoms with Gasteiger partial charge < -0.3 is 5.32 Å². The Labute approximate surface area is 223 Å². The SMILES string of the molecule is N#Cc1ccccc1-c1ccc(-c2ccccc2C2N=C(c3ccccc3)NC(c3ccccc3)N2)cc1. The number of hydrogen-bond acceptors (Lipinski definition) is 4. The standard InChI is InChI=1S/C34H26N4/c35-23-28-15-7-8-16-29(28)24-19-21-25(22-20-24)30-17-9-10-18-31(30)34-37-32(26-11-3-1-4-12-26)36-33(38-34)27-13-5-2-6-14-27/h1-22,32,34,37H,(H,36,38). The summed E-state index contributed by atoms with van der Waals surface area (Å²) in [5.41, 5.74) is 8.18. The quantitative estimate of drug-likeness (QED) is 0.273. The van der Waals surface area contributed by atoms with Gasteiger partial charge in [0, 0.05) is 5.56 Å². The van der Waals surface area contributed by atoms with Crippen LogP contribution in [0.4, 0.5) is 0 Å². The smallest absolute Gasteiger partial charge is 0.131 e. The lowest BCUT2D eigenvalue weighted by Gasteiger charge is -2.33. The first-order valence-electron chi connectivity index (χ1n) is 12.7. The van der Waals surface area contributed by atoms with Gasteiger partial charge in [-0.1, -0.05) is 127 Å². The van der Waals surface area contributed by atoms with Crippen LogP contribution >= 0.6 is 0 Å². The molecule has 0 radical (unpaired) electrons. The number of benzene rings is 5. The number of amidine groups is 1. The van der Waals surface area contributed by atoms with Gasteiger partial charge in [0.25, 0.3) is 0 Å². The Morgan fingerprint density at radius 3 is 1.87 bits per heavy atom. The molecular formula is C34H26N4. The highest BCUT2D eigenvalue weighted by Gasteiger charge is 2.26. The molecule has 182 valence electrons. The van der Waals surface area contributed by atoms with Gasteiger partial charge in [0.15, 0.2) is 0 Å². The normalized spacial score (nSPS) is 16.7. The molecule has 0 fully saturated rings. The van der Waals surface area contributed by atoms with Crippen molar-refractivity contribution in [3.05, 3.63) is 156 Å². The van der Waals surface area contributed by atoms with Crippen molar-refractivity contribution in [2.24, 2.45) is 4.99 Å². The van der Waals surface area contributed by atoms with Gasteiger partial charge >= 0.3 is 0 Å². The number of hydrogen-bond donors (Lipinski definition) is 2. The monoisotopic (exact) mass is 490 g/mol. The van der Waals surface area contributed by atoms with E-state index in [0.717, 1.165) is 44.8 Å². The Balaban J connectivity index is 1.39. The molecule has 0 aliphatic carbocycles. The molecule has 2 atom stereocenters. The number of aliphatic imine (C=N–C) groups is 1. The molecule has 2 N–H and O–H groups in total. The van der Waals surface area contributed by atoms with Crippen LogP contribution < -0.4 is 10.6 Å². The average Bonchev–Trinajstić information content (AvgIpc) is 3.02. The molecule has 1 heterocycles. The highest BCUT2D eigenvalue weighted by atomic mass is 15.3. The van der Waals surface area contributed by atoms with Crippen molar-refractivity contribution in [3.63, 3.8) is 0 Å². The molecule has 38 heavy (non-hydrogen) atoms. The van der Waals surface area contributed by atoms with Gasteiger partial charge in [-0.15, -0.1) is 0 Å². The van der Waals surface area contributed by atoms with Crippen LogP contribution in [0, 0.1) is 11.3 Å². The highest BCUT2D eigenvalue weighted by molar-refractivity contribution is 5.99. The predicted octanol–water partition coefficient (Wildman–Crippen LogP) is 7.23. The van der Waals surface area contributed by atoms with Gasteiger partial charge in [0.05, 0.1) is 11.6 Å². The summed E-state index contributed by atoms with van der Waals surface area (Å²) >= 11 is 0. The molecule has 4 nitrogen and oxygen atoms in total. The molecule has 0 bridgehead atoms. The molecule has 0 spiro atoms. The van der Waals surface area contributed by atoms with Gasteiger partial charge in [0.2, 0.25) is 0 Å². The minimum absolute atomic E-state index is 0.0909. The molecule has 2 unspecified atom stereocenters. The Bertz CT molecular complexity index is 1620. The van der Waals surface area contributed by atoms with Crippen molar-refractivity contribution >= 4 is 5.84 Å². The second-order valence-electron chi connectivity index (χ2n) is 9.22. The minimum Gasteiger partial charge on any atom is -0.350 e. The number of rotatable bonds is 5. The lowest BCUT2D eigenvalue weighted by atomic mass is 9.94. The molecule has 1 aliphatic heterocycles. The van der Waals surface area contributed by atoms with Gasteiger partial charge in [-0.05, 0) is 39.4 Å². The molecule has 1 aliphatic rings. The zero-order valence-electron chi connectivity index (χ0n) is 20.8. The summed E-state index contributed by atoms with van der Waals surface area (Å²) in [6, 6.07) is 47.5. The zero-order chi connectivity index (χ0) is 25.7. The van der Waals surface area contributed by atoms with Crippen LogP contribution in [0.1, 0.15) is 34.6 Å². The maximum Gasteiger partial charge on any atom is 0.131 e. The van der Waals surface area contributed by atoms with Gasteiger partial charge in [-0.3, -0.25) is 5.32 Å². The molecule has 4 heteroatoms. The lowest BCUT2D eigenvalue weighted by molar-refractivity contribution is 0.409. The Morgan fingerprint density at radius 2 is 1.16 bits per heavy atom. The number of nitriles is 1. The van der Waals surface area contributed by atoms with E-state index < -0.39 is 0 Å². The van der Waals surface area contributed by atoms with Crippen molar-refractivity contribution in [2.75, 3.05) is 0 Å². The summed E-state index contributed by atoms with van der Waals surface area (Å²) in [5, 5.41) is 16.8. The van der Waals surface area contributed by atoms with Crippen LogP contribution in [-0.2, 0) is 0 Å². The Morgan fingerprint density at radius 1 is 0.579 bits per heavy atom. The van der Waals surface area contributed by atoms with Gasteiger partial charge in [-0.25, -0.2) is 4.99 Å². The van der Waals surface area contributed by atoms with Crippen molar-refractivity contribution in [1.29, 1.82) is 5.26 Å². The van der Waals surface area contributed by atoms with E-state index in [0.29, 0.717) is 5.56 Å². The molecule has 6 rings (SSSR count). The maximum absolute atomic E-state index is 9.53. The topological polar surface area (TPSA) is 60.2 Å². The van der Waals surface area contributed by atoms with Crippen LogP contribution in [0.5, 0.6) is 0 Å². The summed E-state index contributed by atoms with van der Waals surface area (Å²) in [5.74, 6) is 0.862. The number of nitrogens with zero attached hydrogens (tertiary/aromatic N) is 2. The third-order valence-electron chi connectivity index (χ3n) is 6.85. The fourth-order valence-corrected chi connectivity index (χ4v) is 4.94. The lowest BCUT2D eigenvalue weighted by Crippen LogP contribution is -2.45. The first kappa shape index (κ1) is 23.4. The van der Waals surface area contributed by atoms with Crippen molar-refractivity contribution < 1.29 is 0 Å². The maximum atomic E-state index is 9.53. The third-order valence-corrected chi connectivity index (χ3v) is 6.85. The first-order chi connectivity index (χ1) is 18.8. The van der Waals surface area contributed by atoms with E-state index in [1.165, 1.54) is 0 Å². The van der Waals surface area contributed by atoms with Crippen LogP contribution in [0.25, 0.3) is 22.3 Å². The summed E-state index contributed by atoms with van der Waals surface area (Å²) in [7, 11) is 0. The van der Waals surface area contributed by atoms with Crippen molar-refractivity contribution in [1.82, 2.24) is 10.6 Å². The number of nitrogens with one attached hydrogen (secondary N) is 2. The van der Waals surface area contributed by atoms with E-state index in [9.17, 15) is 5.26 Å². The second-order valence-corrected chi connectivity index (χ2v) is 9.22.